The molecule has 6 nitrogen and oxygen atoms in total. The van der Waals surface area contributed by atoms with E-state index in [1.54, 1.807) is 23.5 Å². The Bertz CT molecular complexity index is 1050. The summed E-state index contributed by atoms with van der Waals surface area (Å²) in [6, 6.07) is 6.16. The van der Waals surface area contributed by atoms with Crippen molar-refractivity contribution in [1.29, 1.82) is 0 Å². The highest BCUT2D eigenvalue weighted by atomic mass is 32.1. The van der Waals surface area contributed by atoms with E-state index in [-0.39, 0.29) is 23.5 Å². The number of rotatable bonds is 3. The van der Waals surface area contributed by atoms with Gasteiger partial charge in [-0.15, -0.1) is 11.3 Å². The lowest BCUT2D eigenvalue weighted by Crippen LogP contribution is -2.16. The van der Waals surface area contributed by atoms with Gasteiger partial charge in [-0.25, -0.2) is 9.78 Å². The number of phenols is 1. The number of phenolic OH excluding ortho intramolecular Hbond substituents is 1. The van der Waals surface area contributed by atoms with Crippen LogP contribution in [0.1, 0.15) is 40.0 Å². The van der Waals surface area contributed by atoms with E-state index in [9.17, 15) is 14.7 Å². The molecule has 0 spiro atoms. The number of hydrogen-bond donors (Lipinski definition) is 2. The summed E-state index contributed by atoms with van der Waals surface area (Å²) in [5.41, 5.74) is 1.02. The molecule has 0 saturated carbocycles. The number of carbonyl (C=O) groups excluding carboxylic acids is 1. The molecule has 134 valence electrons. The SMILES string of the molecule is CC1CCc2c(sc3nc(COC(=O)c4ccccc4O)[nH]c(=O)c23)C1. The quantitative estimate of drug-likeness (QED) is 0.691. The number of hydrogen-bond acceptors (Lipinski definition) is 6. The van der Waals surface area contributed by atoms with Gasteiger partial charge in [0.2, 0.25) is 0 Å². The second-order valence-corrected chi connectivity index (χ2v) is 7.72. The Kier molecular flexibility index (Phi) is 4.24. The third-order valence-corrected chi connectivity index (χ3v) is 5.83. The number of aromatic hydroxyl groups is 1. The maximum atomic E-state index is 12.5. The van der Waals surface area contributed by atoms with E-state index in [4.69, 9.17) is 4.74 Å². The minimum atomic E-state index is -0.662. The average molecular weight is 370 g/mol. The molecule has 1 atom stereocenters. The Balaban J connectivity index is 1.59. The molecule has 1 aromatic carbocycles. The van der Waals surface area contributed by atoms with Gasteiger partial charge in [-0.3, -0.25) is 4.79 Å². The molecule has 2 aromatic heterocycles. The molecule has 0 amide bonds. The highest BCUT2D eigenvalue weighted by Crippen LogP contribution is 2.35. The summed E-state index contributed by atoms with van der Waals surface area (Å²) >= 11 is 1.55. The van der Waals surface area contributed by atoms with Crippen LogP contribution in [-0.2, 0) is 24.2 Å². The summed E-state index contributed by atoms with van der Waals surface area (Å²) in [5.74, 6) is 0.117. The largest absolute Gasteiger partial charge is 0.507 e. The number of nitrogens with zero attached hydrogens (tertiary/aromatic N) is 1. The Morgan fingerprint density at radius 3 is 3.04 bits per heavy atom. The summed E-state index contributed by atoms with van der Waals surface area (Å²) in [4.78, 5) is 33.7. The van der Waals surface area contributed by atoms with Gasteiger partial charge < -0.3 is 14.8 Å². The molecule has 4 rings (SSSR count). The predicted molar refractivity (Wildman–Crippen MR) is 98.7 cm³/mol. The predicted octanol–water partition coefficient (Wildman–Crippen LogP) is 3.17. The second kappa shape index (κ2) is 6.57. The summed E-state index contributed by atoms with van der Waals surface area (Å²) in [6.07, 6.45) is 2.97. The number of aromatic amines is 1. The fourth-order valence-electron chi connectivity index (χ4n) is 3.32. The van der Waals surface area contributed by atoms with Crippen LogP contribution in [0.25, 0.3) is 10.2 Å². The highest BCUT2D eigenvalue weighted by molar-refractivity contribution is 7.18. The number of nitrogens with one attached hydrogen (secondary N) is 1. The van der Waals surface area contributed by atoms with Crippen LogP contribution in [0.3, 0.4) is 0 Å². The lowest BCUT2D eigenvalue weighted by molar-refractivity contribution is 0.0459. The fourth-order valence-corrected chi connectivity index (χ4v) is 4.72. The van der Waals surface area contributed by atoms with Crippen LogP contribution in [0.2, 0.25) is 0 Å². The number of thiophene rings is 1. The number of para-hydroxylation sites is 1. The molecular formula is C19H18N2O4S. The zero-order chi connectivity index (χ0) is 18.3. The van der Waals surface area contributed by atoms with E-state index in [1.165, 1.54) is 17.0 Å². The normalized spacial score (nSPS) is 16.4. The Labute approximate surface area is 153 Å². The van der Waals surface area contributed by atoms with Gasteiger partial charge >= 0.3 is 5.97 Å². The number of aryl methyl sites for hydroxylation is 1. The first kappa shape index (κ1) is 16.8. The number of benzene rings is 1. The lowest BCUT2D eigenvalue weighted by Gasteiger charge is -2.17. The molecule has 0 bridgehead atoms. The minimum Gasteiger partial charge on any atom is -0.507 e. The monoisotopic (exact) mass is 370 g/mol. The molecule has 7 heteroatoms. The van der Waals surface area contributed by atoms with Crippen LogP contribution < -0.4 is 5.56 Å². The zero-order valence-corrected chi connectivity index (χ0v) is 15.1. The van der Waals surface area contributed by atoms with E-state index < -0.39 is 5.97 Å². The molecule has 2 N–H and O–H groups in total. The zero-order valence-electron chi connectivity index (χ0n) is 14.2. The van der Waals surface area contributed by atoms with Crippen molar-refractivity contribution < 1.29 is 14.6 Å². The van der Waals surface area contributed by atoms with Crippen LogP contribution in [0.4, 0.5) is 0 Å². The average Bonchev–Trinajstić information content (AvgIpc) is 2.97. The van der Waals surface area contributed by atoms with Crippen LogP contribution in [0.15, 0.2) is 29.1 Å². The van der Waals surface area contributed by atoms with Gasteiger partial charge in [0.15, 0.2) is 0 Å². The van der Waals surface area contributed by atoms with E-state index in [2.05, 4.69) is 16.9 Å². The number of esters is 1. The Morgan fingerprint density at radius 1 is 1.42 bits per heavy atom. The topological polar surface area (TPSA) is 92.3 Å². The van der Waals surface area contributed by atoms with Gasteiger partial charge in [0.25, 0.3) is 5.56 Å². The van der Waals surface area contributed by atoms with Crippen molar-refractivity contribution in [3.63, 3.8) is 0 Å². The molecule has 3 aromatic rings. The van der Waals surface area contributed by atoms with E-state index in [1.807, 2.05) is 0 Å². The van der Waals surface area contributed by atoms with Gasteiger partial charge in [-0.05, 0) is 42.9 Å². The van der Waals surface area contributed by atoms with Crippen molar-refractivity contribution in [2.24, 2.45) is 5.92 Å². The van der Waals surface area contributed by atoms with Gasteiger partial charge in [-0.1, -0.05) is 19.1 Å². The van der Waals surface area contributed by atoms with E-state index >= 15 is 0 Å². The van der Waals surface area contributed by atoms with Crippen molar-refractivity contribution >= 4 is 27.5 Å². The molecule has 0 saturated heterocycles. The first-order valence-corrected chi connectivity index (χ1v) is 9.33. The van der Waals surface area contributed by atoms with Gasteiger partial charge in [-0.2, -0.15) is 0 Å². The number of H-pyrrole nitrogens is 1. The van der Waals surface area contributed by atoms with Crippen molar-refractivity contribution in [3.8, 4) is 5.75 Å². The van der Waals surface area contributed by atoms with E-state index in [0.717, 1.165) is 24.8 Å². The Hall–Kier alpha value is -2.67. The second-order valence-electron chi connectivity index (χ2n) is 6.64. The highest BCUT2D eigenvalue weighted by Gasteiger charge is 2.23. The molecule has 1 aliphatic rings. The minimum absolute atomic E-state index is 0.0801. The molecule has 2 heterocycles. The molecule has 0 fully saturated rings. The molecule has 1 aliphatic carbocycles. The van der Waals surface area contributed by atoms with Crippen molar-refractivity contribution in [1.82, 2.24) is 9.97 Å². The van der Waals surface area contributed by atoms with Gasteiger partial charge in [0.1, 0.15) is 28.6 Å². The number of carbonyl (C=O) groups is 1. The third-order valence-electron chi connectivity index (χ3n) is 4.68. The summed E-state index contributed by atoms with van der Waals surface area (Å²) < 4.78 is 5.19. The first-order chi connectivity index (χ1) is 12.5. The molecule has 26 heavy (non-hydrogen) atoms. The first-order valence-electron chi connectivity index (χ1n) is 8.51. The Morgan fingerprint density at radius 2 is 2.23 bits per heavy atom. The van der Waals surface area contributed by atoms with Gasteiger partial charge in [0.05, 0.1) is 5.39 Å². The third kappa shape index (κ3) is 2.99. The number of fused-ring (bicyclic) bond motifs is 3. The van der Waals surface area contributed by atoms with Crippen LogP contribution in [0, 0.1) is 5.92 Å². The van der Waals surface area contributed by atoms with Crippen LogP contribution >= 0.6 is 11.3 Å². The standard InChI is InChI=1S/C19H18N2O4S/c1-10-6-7-12-14(8-10)26-18-16(12)17(23)20-15(21-18)9-25-19(24)11-4-2-3-5-13(11)22/h2-5,10,22H,6-9H2,1H3,(H,20,21,23). The van der Waals surface area contributed by atoms with Crippen LogP contribution in [-0.4, -0.2) is 21.0 Å². The van der Waals surface area contributed by atoms with Crippen molar-refractivity contribution in [2.75, 3.05) is 0 Å². The van der Waals surface area contributed by atoms with Crippen molar-refractivity contribution in [2.45, 2.75) is 32.8 Å². The molecule has 0 aliphatic heterocycles. The summed E-state index contributed by atoms with van der Waals surface area (Å²) in [6.45, 7) is 2.06. The summed E-state index contributed by atoms with van der Waals surface area (Å²) in [5, 5.41) is 10.4. The number of ether oxygens (including phenoxy) is 1. The van der Waals surface area contributed by atoms with E-state index in [0.29, 0.717) is 22.0 Å². The smallest absolute Gasteiger partial charge is 0.342 e. The maximum absolute atomic E-state index is 12.5. The maximum Gasteiger partial charge on any atom is 0.342 e. The molecule has 1 unspecified atom stereocenters. The fraction of sp³-hybridized carbons (Fsp3) is 0.316. The summed E-state index contributed by atoms with van der Waals surface area (Å²) in [7, 11) is 0. The van der Waals surface area contributed by atoms with Gasteiger partial charge in [0, 0.05) is 4.88 Å². The number of aromatic nitrogens is 2. The molecule has 0 radical (unpaired) electrons. The van der Waals surface area contributed by atoms with Crippen LogP contribution in [0.5, 0.6) is 5.75 Å². The lowest BCUT2D eigenvalue weighted by atomic mass is 9.89. The molecular weight excluding hydrogens is 352 g/mol. The van der Waals surface area contributed by atoms with Crippen molar-refractivity contribution in [3.05, 3.63) is 56.4 Å².